The van der Waals surface area contributed by atoms with E-state index in [9.17, 15) is 14.7 Å². The van der Waals surface area contributed by atoms with Gasteiger partial charge in [0, 0.05) is 42.9 Å². The van der Waals surface area contributed by atoms with Crippen molar-refractivity contribution in [3.8, 4) is 0 Å². The van der Waals surface area contributed by atoms with Gasteiger partial charge in [-0.3, -0.25) is 9.69 Å². The normalized spacial score (nSPS) is 16.8. The number of carboxylic acid groups (broad SMARTS) is 1. The van der Waals surface area contributed by atoms with Gasteiger partial charge in [-0.15, -0.1) is 0 Å². The van der Waals surface area contributed by atoms with Crippen LogP contribution in [0.4, 0.5) is 11.4 Å². The maximum absolute atomic E-state index is 12.3. The SMILES string of the molecule is CCCC[N+]1=C(/C=C/C=C/N(C(C)=O)c2ccccc2)C(C)(Cc2ccc(C(=O)O)cc2)c2ccccc21. The quantitative estimate of drug-likeness (QED) is 0.240. The van der Waals surface area contributed by atoms with E-state index in [1.165, 1.54) is 17.0 Å². The van der Waals surface area contributed by atoms with E-state index in [4.69, 9.17) is 0 Å². The summed E-state index contributed by atoms with van der Waals surface area (Å²) in [6.07, 6.45) is 10.8. The molecule has 0 aromatic heterocycles. The Morgan fingerprint density at radius 3 is 2.29 bits per heavy atom. The predicted molar refractivity (Wildman–Crippen MR) is 153 cm³/mol. The number of carbonyl (C=O) groups excluding carboxylic acids is 1. The summed E-state index contributed by atoms with van der Waals surface area (Å²) in [6, 6.07) is 25.3. The average Bonchev–Trinajstić information content (AvgIpc) is 3.15. The van der Waals surface area contributed by atoms with E-state index in [0.29, 0.717) is 0 Å². The summed E-state index contributed by atoms with van der Waals surface area (Å²) in [5.74, 6) is -0.974. The van der Waals surface area contributed by atoms with Crippen molar-refractivity contribution in [2.45, 2.75) is 45.4 Å². The van der Waals surface area contributed by atoms with Gasteiger partial charge in [0.25, 0.3) is 0 Å². The van der Waals surface area contributed by atoms with Gasteiger partial charge in [0.1, 0.15) is 6.54 Å². The summed E-state index contributed by atoms with van der Waals surface area (Å²) in [7, 11) is 0. The number of amides is 1. The molecule has 1 amide bonds. The van der Waals surface area contributed by atoms with E-state index >= 15 is 0 Å². The minimum Gasteiger partial charge on any atom is -0.478 e. The largest absolute Gasteiger partial charge is 0.478 e. The number of hydrogen-bond acceptors (Lipinski definition) is 2. The number of allylic oxidation sites excluding steroid dienone is 3. The monoisotopic (exact) mass is 507 g/mol. The number of benzene rings is 3. The van der Waals surface area contributed by atoms with Gasteiger partial charge in [-0.1, -0.05) is 68.0 Å². The highest BCUT2D eigenvalue weighted by Gasteiger charge is 2.47. The van der Waals surface area contributed by atoms with Crippen LogP contribution < -0.4 is 4.90 Å². The minimum absolute atomic E-state index is 0.0546. The zero-order valence-electron chi connectivity index (χ0n) is 22.3. The van der Waals surface area contributed by atoms with Crippen molar-refractivity contribution in [1.82, 2.24) is 0 Å². The van der Waals surface area contributed by atoms with Crippen LogP contribution in [0.2, 0.25) is 0 Å². The Bertz CT molecular complexity index is 1390. The van der Waals surface area contributed by atoms with E-state index in [0.717, 1.165) is 37.1 Å². The third-order valence-electron chi connectivity index (χ3n) is 7.11. The van der Waals surface area contributed by atoms with Crippen molar-refractivity contribution in [1.29, 1.82) is 0 Å². The zero-order valence-corrected chi connectivity index (χ0v) is 22.3. The third kappa shape index (κ3) is 5.67. The molecular weight excluding hydrogens is 472 g/mol. The minimum atomic E-state index is -0.920. The highest BCUT2D eigenvalue weighted by atomic mass is 16.4. The molecule has 1 N–H and O–H groups in total. The number of rotatable bonds is 10. The fourth-order valence-electron chi connectivity index (χ4n) is 5.18. The lowest BCUT2D eigenvalue weighted by Gasteiger charge is -2.23. The fourth-order valence-corrected chi connectivity index (χ4v) is 5.18. The highest BCUT2D eigenvalue weighted by molar-refractivity contribution is 6.04. The Labute approximate surface area is 225 Å². The van der Waals surface area contributed by atoms with E-state index in [-0.39, 0.29) is 16.9 Å². The van der Waals surface area contributed by atoms with Gasteiger partial charge in [0.2, 0.25) is 11.6 Å². The summed E-state index contributed by atoms with van der Waals surface area (Å²) in [6.45, 7) is 6.93. The molecule has 5 nitrogen and oxygen atoms in total. The number of nitrogens with zero attached hydrogens (tertiary/aromatic N) is 2. The van der Waals surface area contributed by atoms with Crippen LogP contribution in [0.3, 0.4) is 0 Å². The van der Waals surface area contributed by atoms with Crippen LogP contribution in [0.15, 0.2) is 103 Å². The number of carbonyl (C=O) groups is 2. The standard InChI is InChI=1S/C33H34N2O3/c1-4-5-22-35-30-16-10-9-15-29(30)33(3,24-26-18-20-27(21-19-26)32(37)38)31(35)17-11-12-23-34(25(2)36)28-13-7-6-8-14-28/h6-21,23H,4-5,22,24H2,1-3H3/p+1. The van der Waals surface area contributed by atoms with Crippen molar-refractivity contribution < 1.29 is 19.3 Å². The molecule has 3 aromatic rings. The van der Waals surface area contributed by atoms with Crippen LogP contribution in [-0.2, 0) is 16.6 Å². The molecule has 1 heterocycles. The first-order valence-corrected chi connectivity index (χ1v) is 13.1. The molecule has 0 saturated carbocycles. The molecule has 1 atom stereocenters. The summed E-state index contributed by atoms with van der Waals surface area (Å²) < 4.78 is 2.41. The van der Waals surface area contributed by atoms with Gasteiger partial charge in [0.05, 0.1) is 11.0 Å². The molecule has 1 aliphatic heterocycles. The van der Waals surface area contributed by atoms with Crippen LogP contribution >= 0.6 is 0 Å². The summed E-state index contributed by atoms with van der Waals surface area (Å²) in [5.41, 5.74) is 5.55. The fraction of sp³-hybridized carbons (Fsp3) is 0.242. The number of fused-ring (bicyclic) bond motifs is 1. The molecule has 194 valence electrons. The van der Waals surface area contributed by atoms with Crippen LogP contribution in [0, 0.1) is 0 Å². The number of anilines is 1. The van der Waals surface area contributed by atoms with Crippen molar-refractivity contribution in [3.63, 3.8) is 0 Å². The van der Waals surface area contributed by atoms with Crippen LogP contribution in [0.5, 0.6) is 0 Å². The lowest BCUT2D eigenvalue weighted by molar-refractivity contribution is -0.438. The molecule has 0 fully saturated rings. The smallest absolute Gasteiger partial charge is 0.335 e. The van der Waals surface area contributed by atoms with Crippen molar-refractivity contribution in [3.05, 3.63) is 120 Å². The van der Waals surface area contributed by atoms with Gasteiger partial charge >= 0.3 is 5.97 Å². The van der Waals surface area contributed by atoms with Gasteiger partial charge in [-0.2, -0.15) is 4.58 Å². The van der Waals surface area contributed by atoms with Crippen LogP contribution in [0.25, 0.3) is 0 Å². The topological polar surface area (TPSA) is 60.6 Å². The summed E-state index contributed by atoms with van der Waals surface area (Å²) >= 11 is 0. The van der Waals surface area contributed by atoms with Crippen molar-refractivity contribution in [2.75, 3.05) is 11.4 Å². The molecule has 3 aromatic carbocycles. The van der Waals surface area contributed by atoms with Crippen LogP contribution in [-0.4, -0.2) is 33.8 Å². The zero-order chi connectivity index (χ0) is 27.1. The number of aromatic carboxylic acids is 1. The first kappa shape index (κ1) is 26.8. The maximum atomic E-state index is 12.3. The third-order valence-corrected chi connectivity index (χ3v) is 7.11. The van der Waals surface area contributed by atoms with E-state index in [1.54, 1.807) is 30.2 Å². The molecule has 5 heteroatoms. The first-order valence-electron chi connectivity index (χ1n) is 13.1. The average molecular weight is 508 g/mol. The van der Waals surface area contributed by atoms with E-state index < -0.39 is 5.97 Å². The second-order valence-corrected chi connectivity index (χ2v) is 9.84. The molecule has 0 aliphatic carbocycles. The van der Waals surface area contributed by atoms with Gasteiger partial charge in [-0.05, 0) is 49.2 Å². The molecular formula is C33H35N2O3+. The van der Waals surface area contributed by atoms with Crippen molar-refractivity contribution in [2.24, 2.45) is 0 Å². The van der Waals surface area contributed by atoms with Crippen molar-refractivity contribution >= 4 is 29.0 Å². The van der Waals surface area contributed by atoms with E-state index in [2.05, 4.69) is 48.8 Å². The van der Waals surface area contributed by atoms with Gasteiger partial charge in [-0.25, -0.2) is 4.79 Å². The molecule has 1 unspecified atom stereocenters. The summed E-state index contributed by atoms with van der Waals surface area (Å²) in [4.78, 5) is 25.3. The molecule has 4 rings (SSSR count). The first-order chi connectivity index (χ1) is 18.3. The molecule has 0 saturated heterocycles. The number of para-hydroxylation sites is 2. The second-order valence-electron chi connectivity index (χ2n) is 9.84. The Kier molecular flexibility index (Phi) is 8.37. The Morgan fingerprint density at radius 1 is 0.947 bits per heavy atom. The molecule has 0 bridgehead atoms. The molecule has 0 radical (unpaired) electrons. The number of hydrogen-bond donors (Lipinski definition) is 1. The number of unbranched alkanes of at least 4 members (excludes halogenated alkanes) is 1. The van der Waals surface area contributed by atoms with Gasteiger partial charge in [0.15, 0.2) is 5.71 Å². The number of carboxylic acids is 1. The Morgan fingerprint density at radius 2 is 1.63 bits per heavy atom. The maximum Gasteiger partial charge on any atom is 0.335 e. The van der Waals surface area contributed by atoms with Crippen LogP contribution in [0.1, 0.15) is 55.1 Å². The second kappa shape index (κ2) is 11.9. The molecule has 0 spiro atoms. The Balaban J connectivity index is 1.71. The predicted octanol–water partition coefficient (Wildman–Crippen LogP) is 6.91. The lowest BCUT2D eigenvalue weighted by Crippen LogP contribution is -2.33. The Hall–Kier alpha value is -4.25. The molecule has 38 heavy (non-hydrogen) atoms. The van der Waals surface area contributed by atoms with Gasteiger partial charge < -0.3 is 5.11 Å². The van der Waals surface area contributed by atoms with E-state index in [1.807, 2.05) is 54.6 Å². The molecule has 1 aliphatic rings. The highest BCUT2D eigenvalue weighted by Crippen LogP contribution is 2.42. The lowest BCUT2D eigenvalue weighted by atomic mass is 9.74. The summed E-state index contributed by atoms with van der Waals surface area (Å²) in [5, 5.41) is 9.32.